The zero-order valence-electron chi connectivity index (χ0n) is 13.7. The third-order valence-corrected chi connectivity index (χ3v) is 4.16. The van der Waals surface area contributed by atoms with Gasteiger partial charge in [0.15, 0.2) is 0 Å². The van der Waals surface area contributed by atoms with Crippen molar-refractivity contribution in [2.45, 2.75) is 32.1 Å². The van der Waals surface area contributed by atoms with Crippen LogP contribution in [0.3, 0.4) is 0 Å². The van der Waals surface area contributed by atoms with E-state index in [9.17, 15) is 4.79 Å². The van der Waals surface area contributed by atoms with Crippen molar-refractivity contribution in [1.29, 1.82) is 0 Å². The van der Waals surface area contributed by atoms with E-state index in [2.05, 4.69) is 13.2 Å². The summed E-state index contributed by atoms with van der Waals surface area (Å²) in [5.74, 6) is 1.14. The van der Waals surface area contributed by atoms with Crippen molar-refractivity contribution in [2.75, 3.05) is 7.11 Å². The topological polar surface area (TPSA) is 35.5 Å². The van der Waals surface area contributed by atoms with E-state index < -0.39 is 5.97 Å². The van der Waals surface area contributed by atoms with Gasteiger partial charge in [-0.2, -0.15) is 0 Å². The summed E-state index contributed by atoms with van der Waals surface area (Å²) >= 11 is 0. The average molecular weight is 312 g/mol. The van der Waals surface area contributed by atoms with Crippen LogP contribution in [0.25, 0.3) is 0 Å². The summed E-state index contributed by atoms with van der Waals surface area (Å²) in [4.78, 5) is 12.0. The monoisotopic (exact) mass is 312 g/mol. The molecule has 1 fully saturated rings. The molecular weight excluding hydrogens is 288 g/mol. The molecule has 23 heavy (non-hydrogen) atoms. The van der Waals surface area contributed by atoms with Crippen molar-refractivity contribution in [3.05, 3.63) is 66.5 Å². The van der Waals surface area contributed by atoms with E-state index in [-0.39, 0.29) is 0 Å². The Hall–Kier alpha value is -2.29. The number of carbonyl (C=O) groups excluding carboxylic acids is 1. The van der Waals surface area contributed by atoms with Crippen molar-refractivity contribution in [2.24, 2.45) is 5.92 Å². The second-order valence-corrected chi connectivity index (χ2v) is 5.83. The number of hydrogen-bond donors (Lipinski definition) is 0. The zero-order chi connectivity index (χ0) is 16.7. The Kier molecular flexibility index (Phi) is 6.21. The third-order valence-electron chi connectivity index (χ3n) is 4.16. The predicted molar refractivity (Wildman–Crippen MR) is 92.4 cm³/mol. The van der Waals surface area contributed by atoms with E-state index in [1.165, 1.54) is 32.1 Å². The van der Waals surface area contributed by atoms with Crippen LogP contribution in [0.15, 0.2) is 60.9 Å². The maximum absolute atomic E-state index is 12.0. The number of hydrogen-bond acceptors (Lipinski definition) is 3. The van der Waals surface area contributed by atoms with Crippen LogP contribution in [0.5, 0.6) is 5.75 Å². The highest BCUT2D eigenvalue weighted by molar-refractivity contribution is 5.90. The summed E-state index contributed by atoms with van der Waals surface area (Å²) < 4.78 is 10.3. The van der Waals surface area contributed by atoms with Gasteiger partial charge in [0.2, 0.25) is 0 Å². The molecule has 0 atom stereocenters. The van der Waals surface area contributed by atoms with Gasteiger partial charge in [0.05, 0.1) is 12.7 Å². The van der Waals surface area contributed by atoms with Gasteiger partial charge in [0, 0.05) is 0 Å². The third kappa shape index (κ3) is 5.13. The fourth-order valence-corrected chi connectivity index (χ4v) is 2.75. The van der Waals surface area contributed by atoms with E-state index in [1.54, 1.807) is 37.5 Å². The first-order chi connectivity index (χ1) is 11.1. The van der Waals surface area contributed by atoms with Crippen molar-refractivity contribution in [3.63, 3.8) is 0 Å². The van der Waals surface area contributed by atoms with Crippen LogP contribution in [0.4, 0.5) is 0 Å². The molecule has 1 aromatic carbocycles. The summed E-state index contributed by atoms with van der Waals surface area (Å²) in [5, 5.41) is 0. The Labute approximate surface area is 138 Å². The van der Waals surface area contributed by atoms with Crippen molar-refractivity contribution in [3.8, 4) is 5.75 Å². The zero-order valence-corrected chi connectivity index (χ0v) is 13.7. The lowest BCUT2D eigenvalue weighted by Crippen LogP contribution is -2.07. The lowest BCUT2D eigenvalue weighted by molar-refractivity contribution is 0.0638. The molecule has 0 radical (unpaired) electrons. The molecule has 0 bridgehead atoms. The Morgan fingerprint density at radius 3 is 2.35 bits per heavy atom. The standard InChI is InChI=1S/C20H24O3/c1-15(17-7-5-4-6-8-17)9-10-16(2)23-20(21)18-11-13-19(22-3)14-12-18/h9-14,17H,1-2,4-8H2,3H3/b10-9-. The fourth-order valence-electron chi connectivity index (χ4n) is 2.75. The fraction of sp³-hybridized carbons (Fsp3) is 0.350. The van der Waals surface area contributed by atoms with Crippen LogP contribution >= 0.6 is 0 Å². The van der Waals surface area contributed by atoms with Crippen molar-refractivity contribution in [1.82, 2.24) is 0 Å². The van der Waals surface area contributed by atoms with Crippen molar-refractivity contribution >= 4 is 5.97 Å². The molecule has 0 aliphatic heterocycles. The number of benzene rings is 1. The minimum absolute atomic E-state index is 0.322. The number of rotatable bonds is 6. The molecular formula is C20H24O3. The number of allylic oxidation sites excluding steroid dienone is 3. The van der Waals surface area contributed by atoms with E-state index >= 15 is 0 Å². The van der Waals surface area contributed by atoms with Gasteiger partial charge in [-0.1, -0.05) is 44.1 Å². The molecule has 2 rings (SSSR count). The van der Waals surface area contributed by atoms with Crippen LogP contribution < -0.4 is 4.74 Å². The lowest BCUT2D eigenvalue weighted by Gasteiger charge is -2.21. The predicted octanol–water partition coefficient (Wildman–Crippen LogP) is 5.06. The number of ether oxygens (including phenoxy) is 2. The summed E-state index contributed by atoms with van der Waals surface area (Å²) in [7, 11) is 1.58. The minimum Gasteiger partial charge on any atom is -0.497 e. The Morgan fingerprint density at radius 1 is 1.09 bits per heavy atom. The molecule has 0 spiro atoms. The van der Waals surface area contributed by atoms with E-state index in [1.807, 2.05) is 6.08 Å². The Balaban J connectivity index is 1.86. The summed E-state index contributed by atoms with van der Waals surface area (Å²) in [6.45, 7) is 7.90. The number of carbonyl (C=O) groups is 1. The van der Waals surface area contributed by atoms with Gasteiger partial charge in [0.1, 0.15) is 11.5 Å². The van der Waals surface area contributed by atoms with Gasteiger partial charge >= 0.3 is 5.97 Å². The first kappa shape index (κ1) is 17.1. The quantitative estimate of drug-likeness (QED) is 0.418. The molecule has 0 unspecified atom stereocenters. The van der Waals surface area contributed by atoms with E-state index in [0.717, 1.165) is 5.57 Å². The SMILES string of the molecule is C=C(/C=C\C(=C)C1CCCCC1)OC(=O)c1ccc(OC)cc1. The van der Waals surface area contributed by atoms with Gasteiger partial charge in [-0.3, -0.25) is 0 Å². The molecule has 0 aromatic heterocycles. The van der Waals surface area contributed by atoms with Gasteiger partial charge in [-0.05, 0) is 49.1 Å². The maximum Gasteiger partial charge on any atom is 0.343 e. The second kappa shape index (κ2) is 8.37. The lowest BCUT2D eigenvalue weighted by atomic mass is 9.84. The van der Waals surface area contributed by atoms with Crippen LogP contribution in [0, 0.1) is 5.92 Å². The normalized spacial score (nSPS) is 15.3. The number of esters is 1. The molecule has 1 aliphatic rings. The molecule has 0 heterocycles. The average Bonchev–Trinajstić information content (AvgIpc) is 2.60. The van der Waals surface area contributed by atoms with Crippen LogP contribution in [0.2, 0.25) is 0 Å². The second-order valence-electron chi connectivity index (χ2n) is 5.83. The highest BCUT2D eigenvalue weighted by atomic mass is 16.5. The Bertz CT molecular complexity index is 590. The van der Waals surface area contributed by atoms with E-state index in [4.69, 9.17) is 9.47 Å². The first-order valence-electron chi connectivity index (χ1n) is 8.02. The smallest absolute Gasteiger partial charge is 0.343 e. The molecule has 0 N–H and O–H groups in total. The summed E-state index contributed by atoms with van der Waals surface area (Å²) in [5.41, 5.74) is 1.55. The van der Waals surface area contributed by atoms with Crippen LogP contribution in [-0.2, 0) is 4.74 Å². The molecule has 0 saturated heterocycles. The van der Waals surface area contributed by atoms with Gasteiger partial charge in [-0.15, -0.1) is 0 Å². The molecule has 1 aromatic rings. The molecule has 1 aliphatic carbocycles. The number of methoxy groups -OCH3 is 1. The van der Waals surface area contributed by atoms with Gasteiger partial charge in [0.25, 0.3) is 0 Å². The van der Waals surface area contributed by atoms with E-state index in [0.29, 0.717) is 23.0 Å². The summed E-state index contributed by atoms with van der Waals surface area (Å²) in [6.07, 6.45) is 9.89. The first-order valence-corrected chi connectivity index (χ1v) is 8.02. The largest absolute Gasteiger partial charge is 0.497 e. The highest BCUT2D eigenvalue weighted by Crippen LogP contribution is 2.29. The minimum atomic E-state index is -0.425. The molecule has 1 saturated carbocycles. The highest BCUT2D eigenvalue weighted by Gasteiger charge is 2.14. The maximum atomic E-state index is 12.0. The summed E-state index contributed by atoms with van der Waals surface area (Å²) in [6, 6.07) is 6.78. The molecule has 3 nitrogen and oxygen atoms in total. The van der Waals surface area contributed by atoms with Gasteiger partial charge < -0.3 is 9.47 Å². The van der Waals surface area contributed by atoms with Crippen LogP contribution in [0.1, 0.15) is 42.5 Å². The van der Waals surface area contributed by atoms with Crippen molar-refractivity contribution < 1.29 is 14.3 Å². The Morgan fingerprint density at radius 2 is 1.74 bits per heavy atom. The van der Waals surface area contributed by atoms with Gasteiger partial charge in [-0.25, -0.2) is 4.79 Å². The molecule has 3 heteroatoms. The van der Waals surface area contributed by atoms with Crippen LogP contribution in [-0.4, -0.2) is 13.1 Å². The molecule has 122 valence electrons. The molecule has 0 amide bonds.